The van der Waals surface area contributed by atoms with Crippen LogP contribution in [0.25, 0.3) is 0 Å². The molecule has 0 aliphatic carbocycles. The van der Waals surface area contributed by atoms with Crippen LogP contribution in [0.2, 0.25) is 0 Å². The van der Waals surface area contributed by atoms with Crippen LogP contribution >= 0.6 is 0 Å². The molecule has 2 heterocycles. The van der Waals surface area contributed by atoms with E-state index in [1.54, 1.807) is 23.4 Å². The first-order valence-corrected chi connectivity index (χ1v) is 5.20. The molecular weight excluding hydrogens is 206 g/mol. The quantitative estimate of drug-likeness (QED) is 0.466. The van der Waals surface area contributed by atoms with E-state index in [0.29, 0.717) is 18.7 Å². The van der Waals surface area contributed by atoms with Gasteiger partial charge in [0, 0.05) is 30.9 Å². The van der Waals surface area contributed by atoms with Crippen LogP contribution in [0.4, 0.5) is 0 Å². The zero-order valence-corrected chi connectivity index (χ0v) is 8.83. The topological polar surface area (TPSA) is 65.8 Å². The fourth-order valence-electron chi connectivity index (χ4n) is 1.77. The van der Waals surface area contributed by atoms with E-state index in [9.17, 15) is 4.79 Å². The van der Waals surface area contributed by atoms with Crippen molar-refractivity contribution in [2.24, 2.45) is 5.16 Å². The monoisotopic (exact) mass is 219 g/mol. The predicted octanol–water partition coefficient (Wildman–Crippen LogP) is 0.882. The molecular formula is C11H13N3O2. The van der Waals surface area contributed by atoms with E-state index in [4.69, 9.17) is 5.21 Å². The Kier molecular flexibility index (Phi) is 3.14. The van der Waals surface area contributed by atoms with Gasteiger partial charge in [0.2, 0.25) is 5.91 Å². The Labute approximate surface area is 93.4 Å². The number of amides is 1. The summed E-state index contributed by atoms with van der Waals surface area (Å²) in [6, 6.07) is 3.58. The molecule has 1 amide bonds. The van der Waals surface area contributed by atoms with Crippen molar-refractivity contribution in [1.29, 1.82) is 0 Å². The number of carbonyl (C=O) groups is 1. The summed E-state index contributed by atoms with van der Waals surface area (Å²) in [5, 5.41) is 12.2. The van der Waals surface area contributed by atoms with E-state index in [-0.39, 0.29) is 5.91 Å². The van der Waals surface area contributed by atoms with Crippen LogP contribution in [0.5, 0.6) is 0 Å². The number of likely N-dealkylation sites (tertiary alicyclic amines) is 1. The molecule has 0 aromatic carbocycles. The zero-order valence-electron chi connectivity index (χ0n) is 8.83. The molecule has 1 saturated heterocycles. The van der Waals surface area contributed by atoms with Gasteiger partial charge in [-0.1, -0.05) is 5.16 Å². The maximum absolute atomic E-state index is 11.4. The Morgan fingerprint density at radius 2 is 2.50 bits per heavy atom. The third-order valence-electron chi connectivity index (χ3n) is 2.63. The van der Waals surface area contributed by atoms with Crippen molar-refractivity contribution in [1.82, 2.24) is 9.88 Å². The second-order valence-electron chi connectivity index (χ2n) is 3.71. The van der Waals surface area contributed by atoms with Crippen LogP contribution in [0.3, 0.4) is 0 Å². The van der Waals surface area contributed by atoms with Gasteiger partial charge < -0.3 is 10.1 Å². The highest BCUT2D eigenvalue weighted by molar-refractivity contribution is 6.03. The lowest BCUT2D eigenvalue weighted by atomic mass is 10.2. The van der Waals surface area contributed by atoms with Crippen molar-refractivity contribution in [3.63, 3.8) is 0 Å². The standard InChI is InChI=1S/C11H13N3O2/c15-11-4-2-6-14(11)8-10(13-16)9-3-1-5-12-7-9/h1,3,5,7,16H,2,4,6,8H2/b13-10-. The second kappa shape index (κ2) is 4.74. The molecule has 16 heavy (non-hydrogen) atoms. The number of oxime groups is 1. The lowest BCUT2D eigenvalue weighted by Crippen LogP contribution is -2.31. The summed E-state index contributed by atoms with van der Waals surface area (Å²) < 4.78 is 0. The normalized spacial score (nSPS) is 16.9. The minimum Gasteiger partial charge on any atom is -0.411 e. The van der Waals surface area contributed by atoms with Gasteiger partial charge in [-0.25, -0.2) is 0 Å². The van der Waals surface area contributed by atoms with Crippen molar-refractivity contribution in [3.8, 4) is 0 Å². The predicted molar refractivity (Wildman–Crippen MR) is 58.4 cm³/mol. The van der Waals surface area contributed by atoms with Gasteiger partial charge in [0.05, 0.1) is 6.54 Å². The largest absolute Gasteiger partial charge is 0.411 e. The number of pyridine rings is 1. The summed E-state index contributed by atoms with van der Waals surface area (Å²) in [7, 11) is 0. The average Bonchev–Trinajstić information content (AvgIpc) is 2.73. The number of hydrogen-bond acceptors (Lipinski definition) is 4. The van der Waals surface area contributed by atoms with Gasteiger partial charge in [-0.2, -0.15) is 0 Å². The Balaban J connectivity index is 2.10. The van der Waals surface area contributed by atoms with E-state index in [1.165, 1.54) is 0 Å². The van der Waals surface area contributed by atoms with Crippen molar-refractivity contribution >= 4 is 11.6 Å². The summed E-state index contributed by atoms with van der Waals surface area (Å²) in [4.78, 5) is 17.1. The van der Waals surface area contributed by atoms with Gasteiger partial charge in [0.25, 0.3) is 0 Å². The van der Waals surface area contributed by atoms with Gasteiger partial charge in [-0.3, -0.25) is 9.78 Å². The molecule has 1 aromatic heterocycles. The van der Waals surface area contributed by atoms with Crippen LogP contribution in [-0.2, 0) is 4.79 Å². The Bertz CT molecular complexity index is 403. The number of hydrogen-bond donors (Lipinski definition) is 1. The molecule has 1 aliphatic heterocycles. The third kappa shape index (κ3) is 2.18. The maximum Gasteiger partial charge on any atom is 0.222 e. The van der Waals surface area contributed by atoms with Gasteiger partial charge >= 0.3 is 0 Å². The number of carbonyl (C=O) groups excluding carboxylic acids is 1. The van der Waals surface area contributed by atoms with Gasteiger partial charge in [-0.05, 0) is 18.6 Å². The molecule has 2 rings (SSSR count). The minimum atomic E-state index is 0.116. The van der Waals surface area contributed by atoms with Gasteiger partial charge in [0.1, 0.15) is 5.71 Å². The smallest absolute Gasteiger partial charge is 0.222 e. The average molecular weight is 219 g/mol. The summed E-state index contributed by atoms with van der Waals surface area (Å²) in [6.07, 6.45) is 4.74. The fraction of sp³-hybridized carbons (Fsp3) is 0.364. The molecule has 5 heteroatoms. The van der Waals surface area contributed by atoms with Gasteiger partial charge in [0.15, 0.2) is 0 Å². The van der Waals surface area contributed by atoms with Crippen molar-refractivity contribution in [3.05, 3.63) is 30.1 Å². The van der Waals surface area contributed by atoms with E-state index >= 15 is 0 Å². The van der Waals surface area contributed by atoms with E-state index in [0.717, 1.165) is 18.5 Å². The van der Waals surface area contributed by atoms with Crippen LogP contribution < -0.4 is 0 Å². The molecule has 0 bridgehead atoms. The van der Waals surface area contributed by atoms with Crippen molar-refractivity contribution in [2.45, 2.75) is 12.8 Å². The summed E-state index contributed by atoms with van der Waals surface area (Å²) >= 11 is 0. The first-order chi connectivity index (χ1) is 7.81. The van der Waals surface area contributed by atoms with Crippen LogP contribution in [-0.4, -0.2) is 39.8 Å². The molecule has 0 atom stereocenters. The lowest BCUT2D eigenvalue weighted by molar-refractivity contribution is -0.127. The minimum absolute atomic E-state index is 0.116. The molecule has 0 radical (unpaired) electrons. The lowest BCUT2D eigenvalue weighted by Gasteiger charge is -2.15. The molecule has 84 valence electrons. The fourth-order valence-corrected chi connectivity index (χ4v) is 1.77. The molecule has 1 N–H and O–H groups in total. The highest BCUT2D eigenvalue weighted by Crippen LogP contribution is 2.11. The molecule has 1 aromatic rings. The van der Waals surface area contributed by atoms with E-state index in [2.05, 4.69) is 10.1 Å². The SMILES string of the molecule is O=C1CCCN1C/C(=N/O)c1cccnc1. The Morgan fingerprint density at radius 3 is 3.06 bits per heavy atom. The molecule has 0 unspecified atom stereocenters. The van der Waals surface area contributed by atoms with Crippen molar-refractivity contribution < 1.29 is 10.0 Å². The number of rotatable bonds is 3. The van der Waals surface area contributed by atoms with E-state index < -0.39 is 0 Å². The number of nitrogens with zero attached hydrogens (tertiary/aromatic N) is 3. The Hall–Kier alpha value is -1.91. The highest BCUT2D eigenvalue weighted by atomic mass is 16.4. The summed E-state index contributed by atoms with van der Waals surface area (Å²) in [5.74, 6) is 0.116. The highest BCUT2D eigenvalue weighted by Gasteiger charge is 2.22. The molecule has 1 aliphatic rings. The Morgan fingerprint density at radius 1 is 1.62 bits per heavy atom. The zero-order chi connectivity index (χ0) is 11.4. The first-order valence-electron chi connectivity index (χ1n) is 5.20. The summed E-state index contributed by atoms with van der Waals surface area (Å²) in [6.45, 7) is 1.08. The molecule has 5 nitrogen and oxygen atoms in total. The van der Waals surface area contributed by atoms with Crippen LogP contribution in [0.15, 0.2) is 29.7 Å². The van der Waals surface area contributed by atoms with Crippen LogP contribution in [0.1, 0.15) is 18.4 Å². The second-order valence-corrected chi connectivity index (χ2v) is 3.71. The third-order valence-corrected chi connectivity index (χ3v) is 2.63. The summed E-state index contributed by atoms with van der Waals surface area (Å²) in [5.41, 5.74) is 1.22. The molecule has 0 saturated carbocycles. The van der Waals surface area contributed by atoms with E-state index in [1.807, 2.05) is 6.07 Å². The first kappa shape index (κ1) is 10.6. The molecule has 1 fully saturated rings. The maximum atomic E-state index is 11.4. The van der Waals surface area contributed by atoms with Crippen molar-refractivity contribution in [2.75, 3.05) is 13.1 Å². The van der Waals surface area contributed by atoms with Gasteiger partial charge in [-0.15, -0.1) is 0 Å². The van der Waals surface area contributed by atoms with Crippen LogP contribution in [0, 0.1) is 0 Å². The molecule has 0 spiro atoms. The number of aromatic nitrogens is 1.